The lowest BCUT2D eigenvalue weighted by Crippen LogP contribution is -2.12. The van der Waals surface area contributed by atoms with E-state index in [-0.39, 0.29) is 11.9 Å². The van der Waals surface area contributed by atoms with Gasteiger partial charge in [0.15, 0.2) is 0 Å². The fraction of sp³-hybridized carbons (Fsp3) is 0.100. The van der Waals surface area contributed by atoms with E-state index in [1.54, 1.807) is 12.1 Å². The van der Waals surface area contributed by atoms with E-state index >= 15 is 0 Å². The molecule has 0 fully saturated rings. The molecule has 0 aliphatic heterocycles. The predicted molar refractivity (Wildman–Crippen MR) is 53.4 cm³/mol. The van der Waals surface area contributed by atoms with Crippen LogP contribution in [0.5, 0.6) is 0 Å². The van der Waals surface area contributed by atoms with Gasteiger partial charge in [0, 0.05) is 5.56 Å². The SMILES string of the molecule is Cc1cccc(C(=O)Nc2nnco2)c1. The van der Waals surface area contributed by atoms with Crippen LogP contribution in [0.15, 0.2) is 35.1 Å². The summed E-state index contributed by atoms with van der Waals surface area (Å²) in [6.07, 6.45) is 1.16. The maximum absolute atomic E-state index is 11.6. The summed E-state index contributed by atoms with van der Waals surface area (Å²) < 4.78 is 4.80. The van der Waals surface area contributed by atoms with Gasteiger partial charge in [-0.3, -0.25) is 10.1 Å². The Bertz CT molecular complexity index is 465. The molecule has 1 N–H and O–H groups in total. The van der Waals surface area contributed by atoms with E-state index in [0.717, 1.165) is 12.0 Å². The molecule has 1 amide bonds. The van der Waals surface area contributed by atoms with E-state index in [4.69, 9.17) is 4.42 Å². The summed E-state index contributed by atoms with van der Waals surface area (Å²) in [7, 11) is 0. The molecule has 0 aliphatic carbocycles. The number of amides is 1. The van der Waals surface area contributed by atoms with Crippen molar-refractivity contribution in [2.75, 3.05) is 5.32 Å². The van der Waals surface area contributed by atoms with Crippen molar-refractivity contribution in [3.63, 3.8) is 0 Å². The molecule has 0 radical (unpaired) electrons. The quantitative estimate of drug-likeness (QED) is 0.805. The summed E-state index contributed by atoms with van der Waals surface area (Å²) in [6, 6.07) is 7.34. The minimum Gasteiger partial charge on any atom is -0.411 e. The Morgan fingerprint density at radius 3 is 3.00 bits per heavy atom. The van der Waals surface area contributed by atoms with Crippen molar-refractivity contribution in [1.29, 1.82) is 0 Å². The third kappa shape index (κ3) is 2.19. The molecule has 0 saturated carbocycles. The normalized spacial score (nSPS) is 9.93. The summed E-state index contributed by atoms with van der Waals surface area (Å²) in [5, 5.41) is 9.50. The number of aromatic nitrogens is 2. The molecule has 2 rings (SSSR count). The largest absolute Gasteiger partial charge is 0.411 e. The molecule has 2 aromatic rings. The zero-order valence-corrected chi connectivity index (χ0v) is 8.10. The third-order valence-electron chi connectivity index (χ3n) is 1.86. The summed E-state index contributed by atoms with van der Waals surface area (Å²) in [5.41, 5.74) is 1.58. The molecule has 15 heavy (non-hydrogen) atoms. The second-order valence-corrected chi connectivity index (χ2v) is 3.07. The molecule has 76 valence electrons. The number of benzene rings is 1. The highest BCUT2D eigenvalue weighted by molar-refractivity contribution is 6.03. The molecule has 0 aliphatic rings. The van der Waals surface area contributed by atoms with Gasteiger partial charge in [-0.2, -0.15) is 0 Å². The van der Waals surface area contributed by atoms with Crippen molar-refractivity contribution < 1.29 is 9.21 Å². The Morgan fingerprint density at radius 1 is 1.47 bits per heavy atom. The van der Waals surface area contributed by atoms with E-state index < -0.39 is 0 Å². The number of hydrogen-bond acceptors (Lipinski definition) is 4. The first-order valence-electron chi connectivity index (χ1n) is 4.40. The average molecular weight is 203 g/mol. The van der Waals surface area contributed by atoms with E-state index in [2.05, 4.69) is 15.5 Å². The van der Waals surface area contributed by atoms with Crippen LogP contribution in [0.1, 0.15) is 15.9 Å². The maximum atomic E-state index is 11.6. The number of nitrogens with one attached hydrogen (secondary N) is 1. The standard InChI is InChI=1S/C10H9N3O2/c1-7-3-2-4-8(5-7)9(14)12-10-13-11-6-15-10/h2-6H,1H3,(H,12,13,14). The number of nitrogens with zero attached hydrogens (tertiary/aromatic N) is 2. The lowest BCUT2D eigenvalue weighted by molar-refractivity contribution is 0.102. The van der Waals surface area contributed by atoms with Gasteiger partial charge in [-0.25, -0.2) is 0 Å². The number of carbonyl (C=O) groups is 1. The molecule has 1 aromatic heterocycles. The summed E-state index contributed by atoms with van der Waals surface area (Å²) in [6.45, 7) is 1.92. The van der Waals surface area contributed by atoms with Crippen LogP contribution in [-0.2, 0) is 0 Å². The van der Waals surface area contributed by atoms with Crippen LogP contribution in [0.2, 0.25) is 0 Å². The van der Waals surface area contributed by atoms with Gasteiger partial charge in [-0.1, -0.05) is 22.8 Å². The number of rotatable bonds is 2. The zero-order valence-electron chi connectivity index (χ0n) is 8.10. The lowest BCUT2D eigenvalue weighted by Gasteiger charge is -2.00. The van der Waals surface area contributed by atoms with Gasteiger partial charge in [-0.05, 0) is 19.1 Å². The highest BCUT2D eigenvalue weighted by Crippen LogP contribution is 2.07. The minimum atomic E-state index is -0.261. The molecule has 0 saturated heterocycles. The molecule has 1 heterocycles. The van der Waals surface area contributed by atoms with Crippen LogP contribution in [0, 0.1) is 6.92 Å². The van der Waals surface area contributed by atoms with Crippen LogP contribution < -0.4 is 5.32 Å². The topological polar surface area (TPSA) is 68.0 Å². The summed E-state index contributed by atoms with van der Waals surface area (Å²) in [5.74, 6) is -0.261. The van der Waals surface area contributed by atoms with Crippen molar-refractivity contribution in [3.8, 4) is 0 Å². The lowest BCUT2D eigenvalue weighted by atomic mass is 10.1. The van der Waals surface area contributed by atoms with Gasteiger partial charge in [-0.15, -0.1) is 5.10 Å². The molecule has 5 heteroatoms. The number of anilines is 1. The summed E-state index contributed by atoms with van der Waals surface area (Å²) in [4.78, 5) is 11.6. The summed E-state index contributed by atoms with van der Waals surface area (Å²) >= 11 is 0. The Kier molecular flexibility index (Phi) is 2.45. The van der Waals surface area contributed by atoms with Crippen LogP contribution >= 0.6 is 0 Å². The maximum Gasteiger partial charge on any atom is 0.322 e. The molecule has 5 nitrogen and oxygen atoms in total. The number of aryl methyl sites for hydroxylation is 1. The van der Waals surface area contributed by atoms with E-state index in [1.807, 2.05) is 19.1 Å². The van der Waals surface area contributed by atoms with Crippen molar-refractivity contribution >= 4 is 11.9 Å². The second-order valence-electron chi connectivity index (χ2n) is 3.07. The van der Waals surface area contributed by atoms with Crippen molar-refractivity contribution in [2.24, 2.45) is 0 Å². The fourth-order valence-corrected chi connectivity index (χ4v) is 1.18. The third-order valence-corrected chi connectivity index (χ3v) is 1.86. The van der Waals surface area contributed by atoms with Crippen molar-refractivity contribution in [1.82, 2.24) is 10.2 Å². The predicted octanol–water partition coefficient (Wildman–Crippen LogP) is 1.63. The molecule has 0 unspecified atom stereocenters. The minimum absolute atomic E-state index is 0.0986. The molecule has 0 atom stereocenters. The Balaban J connectivity index is 2.15. The van der Waals surface area contributed by atoms with Gasteiger partial charge in [0.1, 0.15) is 0 Å². The molecular formula is C10H9N3O2. The molecule has 0 spiro atoms. The Morgan fingerprint density at radius 2 is 2.33 bits per heavy atom. The highest BCUT2D eigenvalue weighted by atomic mass is 16.4. The van der Waals surface area contributed by atoms with Crippen molar-refractivity contribution in [2.45, 2.75) is 6.92 Å². The van der Waals surface area contributed by atoms with Crippen LogP contribution in [0.3, 0.4) is 0 Å². The molecule has 0 bridgehead atoms. The first-order valence-corrected chi connectivity index (χ1v) is 4.40. The van der Waals surface area contributed by atoms with Crippen LogP contribution in [0.25, 0.3) is 0 Å². The first-order chi connectivity index (χ1) is 7.25. The van der Waals surface area contributed by atoms with E-state index in [1.165, 1.54) is 0 Å². The first kappa shape index (κ1) is 9.39. The molecular weight excluding hydrogens is 194 g/mol. The van der Waals surface area contributed by atoms with Crippen LogP contribution in [0.4, 0.5) is 6.01 Å². The highest BCUT2D eigenvalue weighted by Gasteiger charge is 2.08. The van der Waals surface area contributed by atoms with Crippen molar-refractivity contribution in [3.05, 3.63) is 41.8 Å². The van der Waals surface area contributed by atoms with Gasteiger partial charge in [0.05, 0.1) is 0 Å². The second kappa shape index (κ2) is 3.91. The van der Waals surface area contributed by atoms with Gasteiger partial charge in [0.2, 0.25) is 6.39 Å². The Hall–Kier alpha value is -2.17. The van der Waals surface area contributed by atoms with Crippen LogP contribution in [-0.4, -0.2) is 16.1 Å². The monoisotopic (exact) mass is 203 g/mol. The Labute approximate surface area is 86.1 Å². The van der Waals surface area contributed by atoms with Gasteiger partial charge < -0.3 is 4.42 Å². The number of hydrogen-bond donors (Lipinski definition) is 1. The number of carbonyl (C=O) groups excluding carboxylic acids is 1. The van der Waals surface area contributed by atoms with E-state index in [0.29, 0.717) is 5.56 Å². The smallest absolute Gasteiger partial charge is 0.322 e. The van der Waals surface area contributed by atoms with Gasteiger partial charge >= 0.3 is 6.01 Å². The molecule has 1 aromatic carbocycles. The fourth-order valence-electron chi connectivity index (χ4n) is 1.18. The van der Waals surface area contributed by atoms with Gasteiger partial charge in [0.25, 0.3) is 5.91 Å². The zero-order chi connectivity index (χ0) is 10.7. The average Bonchev–Trinajstić information content (AvgIpc) is 2.70. The van der Waals surface area contributed by atoms with E-state index in [9.17, 15) is 4.79 Å².